The van der Waals surface area contributed by atoms with Crippen LogP contribution in [0.2, 0.25) is 0 Å². The first-order valence-corrected chi connectivity index (χ1v) is 6.77. The van der Waals surface area contributed by atoms with Gasteiger partial charge in [-0.3, -0.25) is 4.98 Å². The minimum atomic E-state index is -0.365. The van der Waals surface area contributed by atoms with E-state index in [1.165, 1.54) is 23.6 Å². The number of hydrogen-bond acceptors (Lipinski definition) is 3. The fourth-order valence-electron chi connectivity index (χ4n) is 2.45. The number of hydrogen-bond donors (Lipinski definition) is 0. The molecule has 2 heterocycles. The molecule has 0 aliphatic heterocycles. The van der Waals surface area contributed by atoms with Crippen molar-refractivity contribution in [3.05, 3.63) is 65.6 Å². The number of benzene rings is 1. The van der Waals surface area contributed by atoms with Crippen LogP contribution in [-0.4, -0.2) is 22.6 Å². The SMILES string of the molecule is COC(=O)c1ccc(Cn2ccc3c(C)cccc32)nc1. The second-order valence-electron chi connectivity index (χ2n) is 4.98. The zero-order valence-corrected chi connectivity index (χ0v) is 12.0. The summed E-state index contributed by atoms with van der Waals surface area (Å²) in [5.74, 6) is -0.365. The van der Waals surface area contributed by atoms with Crippen molar-refractivity contribution in [3.63, 3.8) is 0 Å². The Bertz CT molecular complexity index is 788. The molecule has 0 unspecified atom stereocenters. The molecule has 0 N–H and O–H groups in total. The van der Waals surface area contributed by atoms with E-state index in [0.29, 0.717) is 12.1 Å². The summed E-state index contributed by atoms with van der Waals surface area (Å²) in [5, 5.41) is 1.25. The molecule has 0 saturated carbocycles. The summed E-state index contributed by atoms with van der Waals surface area (Å²) in [5.41, 5.74) is 3.82. The Morgan fingerprint density at radius 1 is 1.24 bits per heavy atom. The second-order valence-corrected chi connectivity index (χ2v) is 4.98. The van der Waals surface area contributed by atoms with Gasteiger partial charge in [-0.1, -0.05) is 12.1 Å². The molecule has 0 aliphatic rings. The van der Waals surface area contributed by atoms with Crippen LogP contribution in [0.3, 0.4) is 0 Å². The molecular weight excluding hydrogens is 264 g/mol. The third-order valence-electron chi connectivity index (χ3n) is 3.61. The zero-order valence-electron chi connectivity index (χ0n) is 12.0. The number of rotatable bonds is 3. The van der Waals surface area contributed by atoms with Gasteiger partial charge in [-0.15, -0.1) is 0 Å². The van der Waals surface area contributed by atoms with E-state index in [0.717, 1.165) is 5.69 Å². The van der Waals surface area contributed by atoms with E-state index >= 15 is 0 Å². The normalized spacial score (nSPS) is 10.8. The number of ether oxygens (including phenoxy) is 1. The maximum absolute atomic E-state index is 11.4. The zero-order chi connectivity index (χ0) is 14.8. The highest BCUT2D eigenvalue weighted by Crippen LogP contribution is 2.20. The van der Waals surface area contributed by atoms with E-state index in [2.05, 4.69) is 51.7 Å². The fraction of sp³-hybridized carbons (Fsp3) is 0.176. The van der Waals surface area contributed by atoms with Gasteiger partial charge in [0.25, 0.3) is 0 Å². The predicted octanol–water partition coefficient (Wildman–Crippen LogP) is 3.18. The average molecular weight is 280 g/mol. The number of esters is 1. The van der Waals surface area contributed by atoms with Crippen molar-refractivity contribution in [2.45, 2.75) is 13.5 Å². The van der Waals surface area contributed by atoms with Crippen LogP contribution in [0.4, 0.5) is 0 Å². The summed E-state index contributed by atoms with van der Waals surface area (Å²) in [4.78, 5) is 15.7. The van der Waals surface area contributed by atoms with Gasteiger partial charge in [-0.25, -0.2) is 4.79 Å². The molecule has 0 radical (unpaired) electrons. The molecule has 0 fully saturated rings. The second kappa shape index (κ2) is 5.40. The van der Waals surface area contributed by atoms with Crippen molar-refractivity contribution in [2.24, 2.45) is 0 Å². The Labute approximate surface area is 123 Å². The quantitative estimate of drug-likeness (QED) is 0.692. The standard InChI is InChI=1S/C17H16N2O2/c1-12-4-3-5-16-15(12)8-9-19(16)11-14-7-6-13(10-18-14)17(20)21-2/h3-10H,11H2,1-2H3. The van der Waals surface area contributed by atoms with Crippen LogP contribution < -0.4 is 0 Å². The highest BCUT2D eigenvalue weighted by atomic mass is 16.5. The molecule has 4 heteroatoms. The molecular formula is C17H16N2O2. The number of methoxy groups -OCH3 is 1. The summed E-state index contributed by atoms with van der Waals surface area (Å²) in [6.07, 6.45) is 3.62. The first-order chi connectivity index (χ1) is 10.2. The van der Waals surface area contributed by atoms with Gasteiger partial charge in [0.05, 0.1) is 24.9 Å². The summed E-state index contributed by atoms with van der Waals surface area (Å²) >= 11 is 0. The Hall–Kier alpha value is -2.62. The maximum atomic E-state index is 11.4. The average Bonchev–Trinajstić information content (AvgIpc) is 2.92. The molecule has 21 heavy (non-hydrogen) atoms. The third-order valence-corrected chi connectivity index (χ3v) is 3.61. The van der Waals surface area contributed by atoms with E-state index in [1.807, 2.05) is 6.07 Å². The Morgan fingerprint density at radius 3 is 2.81 bits per heavy atom. The van der Waals surface area contributed by atoms with Crippen LogP contribution in [0.5, 0.6) is 0 Å². The molecule has 0 bridgehead atoms. The van der Waals surface area contributed by atoms with E-state index in [4.69, 9.17) is 0 Å². The molecule has 106 valence electrons. The highest BCUT2D eigenvalue weighted by Gasteiger charge is 2.07. The van der Waals surface area contributed by atoms with Gasteiger partial charge in [0.15, 0.2) is 0 Å². The number of carbonyl (C=O) groups is 1. The third kappa shape index (κ3) is 2.52. The van der Waals surface area contributed by atoms with Crippen molar-refractivity contribution in [1.82, 2.24) is 9.55 Å². The monoisotopic (exact) mass is 280 g/mol. The molecule has 3 rings (SSSR count). The molecule has 4 nitrogen and oxygen atoms in total. The Kier molecular flexibility index (Phi) is 3.44. The number of aryl methyl sites for hydroxylation is 1. The van der Waals surface area contributed by atoms with Crippen LogP contribution >= 0.6 is 0 Å². The summed E-state index contributed by atoms with van der Waals surface area (Å²) < 4.78 is 6.82. The lowest BCUT2D eigenvalue weighted by molar-refractivity contribution is 0.0600. The molecule has 0 aliphatic carbocycles. The maximum Gasteiger partial charge on any atom is 0.339 e. The van der Waals surface area contributed by atoms with Gasteiger partial charge in [-0.05, 0) is 36.8 Å². The van der Waals surface area contributed by atoms with Crippen molar-refractivity contribution in [3.8, 4) is 0 Å². The van der Waals surface area contributed by atoms with E-state index in [9.17, 15) is 4.79 Å². The largest absolute Gasteiger partial charge is 0.465 e. The summed E-state index contributed by atoms with van der Waals surface area (Å²) in [7, 11) is 1.37. The molecule has 1 aromatic carbocycles. The van der Waals surface area contributed by atoms with Crippen LogP contribution in [0.25, 0.3) is 10.9 Å². The molecule has 0 saturated heterocycles. The van der Waals surface area contributed by atoms with Gasteiger partial charge in [0.2, 0.25) is 0 Å². The van der Waals surface area contributed by atoms with E-state index in [-0.39, 0.29) is 5.97 Å². The van der Waals surface area contributed by atoms with E-state index in [1.54, 1.807) is 12.3 Å². The minimum Gasteiger partial charge on any atom is -0.465 e. The van der Waals surface area contributed by atoms with Gasteiger partial charge < -0.3 is 9.30 Å². The lowest BCUT2D eigenvalue weighted by atomic mass is 10.1. The van der Waals surface area contributed by atoms with Crippen molar-refractivity contribution >= 4 is 16.9 Å². The number of pyridine rings is 1. The molecule has 0 amide bonds. The van der Waals surface area contributed by atoms with Gasteiger partial charge in [-0.2, -0.15) is 0 Å². The Balaban J connectivity index is 1.88. The first-order valence-electron chi connectivity index (χ1n) is 6.77. The van der Waals surface area contributed by atoms with Crippen molar-refractivity contribution in [1.29, 1.82) is 0 Å². The lowest BCUT2D eigenvalue weighted by Crippen LogP contribution is -2.04. The lowest BCUT2D eigenvalue weighted by Gasteiger charge is -2.06. The smallest absolute Gasteiger partial charge is 0.339 e. The number of fused-ring (bicyclic) bond motifs is 1. The summed E-state index contributed by atoms with van der Waals surface area (Å²) in [6, 6.07) is 12.0. The van der Waals surface area contributed by atoms with Gasteiger partial charge in [0, 0.05) is 23.3 Å². The molecule has 0 atom stereocenters. The van der Waals surface area contributed by atoms with E-state index < -0.39 is 0 Å². The van der Waals surface area contributed by atoms with Crippen LogP contribution in [0.15, 0.2) is 48.8 Å². The molecule has 3 aromatic rings. The van der Waals surface area contributed by atoms with Crippen LogP contribution in [0.1, 0.15) is 21.6 Å². The number of aromatic nitrogens is 2. The number of nitrogens with zero attached hydrogens (tertiary/aromatic N) is 2. The van der Waals surface area contributed by atoms with Crippen LogP contribution in [0, 0.1) is 6.92 Å². The predicted molar refractivity (Wildman–Crippen MR) is 81.4 cm³/mol. The topological polar surface area (TPSA) is 44.1 Å². The molecule has 0 spiro atoms. The van der Waals surface area contributed by atoms with Gasteiger partial charge in [0.1, 0.15) is 0 Å². The van der Waals surface area contributed by atoms with Crippen molar-refractivity contribution in [2.75, 3.05) is 7.11 Å². The fourth-order valence-corrected chi connectivity index (χ4v) is 2.45. The van der Waals surface area contributed by atoms with Crippen LogP contribution in [-0.2, 0) is 11.3 Å². The van der Waals surface area contributed by atoms with Gasteiger partial charge >= 0.3 is 5.97 Å². The Morgan fingerprint density at radius 2 is 2.10 bits per heavy atom. The first kappa shape index (κ1) is 13.4. The highest BCUT2D eigenvalue weighted by molar-refractivity contribution is 5.88. The number of carbonyl (C=O) groups excluding carboxylic acids is 1. The van der Waals surface area contributed by atoms with Crippen molar-refractivity contribution < 1.29 is 9.53 Å². The minimum absolute atomic E-state index is 0.365. The molecule has 2 aromatic heterocycles. The summed E-state index contributed by atoms with van der Waals surface area (Å²) in [6.45, 7) is 2.78.